The summed E-state index contributed by atoms with van der Waals surface area (Å²) in [5.74, 6) is 0.104. The van der Waals surface area contributed by atoms with Crippen LogP contribution in [0.25, 0.3) is 0 Å². The quantitative estimate of drug-likeness (QED) is 0.793. The zero-order valence-electron chi connectivity index (χ0n) is 12.8. The molecule has 0 heterocycles. The van der Waals surface area contributed by atoms with Gasteiger partial charge in [0.25, 0.3) is 0 Å². The van der Waals surface area contributed by atoms with Crippen LogP contribution in [0.1, 0.15) is 43.1 Å². The Morgan fingerprint density at radius 1 is 1.40 bits per heavy atom. The van der Waals surface area contributed by atoms with E-state index in [-0.39, 0.29) is 5.56 Å². The van der Waals surface area contributed by atoms with Gasteiger partial charge in [-0.25, -0.2) is 4.79 Å². The zero-order valence-corrected chi connectivity index (χ0v) is 12.8. The number of hydrogen-bond donors (Lipinski definition) is 1. The molecule has 0 bridgehead atoms. The maximum Gasteiger partial charge on any atom is 0.339 e. The molecule has 0 aliphatic rings. The standard InChI is InChI=1S/C16H25NO3/c1-5-12(3)10-17(6-2)11-13-7-8-15(20-4)14(9-13)16(18)19/h7-9,12H,5-6,10-11H2,1-4H3,(H,18,19). The lowest BCUT2D eigenvalue weighted by Gasteiger charge is -2.24. The Morgan fingerprint density at radius 3 is 2.60 bits per heavy atom. The average molecular weight is 279 g/mol. The van der Waals surface area contributed by atoms with Gasteiger partial charge in [-0.1, -0.05) is 33.3 Å². The average Bonchev–Trinajstić information content (AvgIpc) is 2.45. The topological polar surface area (TPSA) is 49.8 Å². The van der Waals surface area contributed by atoms with Crippen LogP contribution in [-0.2, 0) is 6.54 Å². The molecular weight excluding hydrogens is 254 g/mol. The Bertz CT molecular complexity index is 445. The lowest BCUT2D eigenvalue weighted by molar-refractivity contribution is 0.0693. The normalized spacial score (nSPS) is 12.4. The van der Waals surface area contributed by atoms with Gasteiger partial charge in [0, 0.05) is 13.1 Å². The summed E-state index contributed by atoms with van der Waals surface area (Å²) in [6.07, 6.45) is 1.15. The molecule has 0 amide bonds. The third kappa shape index (κ3) is 4.53. The molecule has 0 aromatic heterocycles. The predicted octanol–water partition coefficient (Wildman–Crippen LogP) is 3.26. The van der Waals surface area contributed by atoms with Crippen molar-refractivity contribution in [2.45, 2.75) is 33.7 Å². The number of ether oxygens (including phenoxy) is 1. The fourth-order valence-corrected chi connectivity index (χ4v) is 2.15. The number of carbonyl (C=O) groups is 1. The van der Waals surface area contributed by atoms with Crippen molar-refractivity contribution in [1.29, 1.82) is 0 Å². The van der Waals surface area contributed by atoms with Crippen LogP contribution in [0.2, 0.25) is 0 Å². The fourth-order valence-electron chi connectivity index (χ4n) is 2.15. The number of benzene rings is 1. The molecule has 1 unspecified atom stereocenters. The molecule has 1 N–H and O–H groups in total. The smallest absolute Gasteiger partial charge is 0.339 e. The summed E-state index contributed by atoms with van der Waals surface area (Å²) in [5, 5.41) is 9.20. The van der Waals surface area contributed by atoms with Crippen molar-refractivity contribution in [1.82, 2.24) is 4.90 Å². The molecule has 1 aromatic rings. The number of rotatable bonds is 8. The summed E-state index contributed by atoms with van der Waals surface area (Å²) in [6.45, 7) is 9.31. The summed E-state index contributed by atoms with van der Waals surface area (Å²) in [5.41, 5.74) is 1.23. The largest absolute Gasteiger partial charge is 0.496 e. The fraction of sp³-hybridized carbons (Fsp3) is 0.562. The Labute approximate surface area is 121 Å². The van der Waals surface area contributed by atoms with E-state index in [1.807, 2.05) is 6.07 Å². The summed E-state index contributed by atoms with van der Waals surface area (Å²) in [7, 11) is 1.49. The van der Waals surface area contributed by atoms with Gasteiger partial charge >= 0.3 is 5.97 Å². The minimum absolute atomic E-state index is 0.226. The van der Waals surface area contributed by atoms with E-state index in [1.165, 1.54) is 7.11 Å². The van der Waals surface area contributed by atoms with Crippen LogP contribution in [0, 0.1) is 5.92 Å². The van der Waals surface area contributed by atoms with Crippen molar-refractivity contribution < 1.29 is 14.6 Å². The number of nitrogens with zero attached hydrogens (tertiary/aromatic N) is 1. The van der Waals surface area contributed by atoms with Crippen LogP contribution in [0.5, 0.6) is 5.75 Å². The molecule has 0 saturated heterocycles. The Hall–Kier alpha value is -1.55. The highest BCUT2D eigenvalue weighted by atomic mass is 16.5. The first kappa shape index (κ1) is 16.5. The second kappa shape index (κ2) is 7.90. The minimum atomic E-state index is -0.950. The second-order valence-electron chi connectivity index (χ2n) is 5.18. The van der Waals surface area contributed by atoms with Crippen LogP contribution >= 0.6 is 0 Å². The predicted molar refractivity (Wildman–Crippen MR) is 80.4 cm³/mol. The Morgan fingerprint density at radius 2 is 2.10 bits per heavy atom. The molecule has 4 heteroatoms. The number of hydrogen-bond acceptors (Lipinski definition) is 3. The van der Waals surface area contributed by atoms with Gasteiger partial charge in [-0.15, -0.1) is 0 Å². The first-order valence-electron chi connectivity index (χ1n) is 7.14. The Kier molecular flexibility index (Phi) is 6.52. The van der Waals surface area contributed by atoms with Gasteiger partial charge in [0.05, 0.1) is 7.11 Å². The van der Waals surface area contributed by atoms with Gasteiger partial charge in [0.2, 0.25) is 0 Å². The van der Waals surface area contributed by atoms with Crippen LogP contribution in [0.15, 0.2) is 18.2 Å². The van der Waals surface area contributed by atoms with Gasteiger partial charge in [-0.05, 0) is 30.2 Å². The highest BCUT2D eigenvalue weighted by molar-refractivity contribution is 5.91. The molecule has 0 aliphatic carbocycles. The molecular formula is C16H25NO3. The summed E-state index contributed by atoms with van der Waals surface area (Å²) < 4.78 is 5.08. The van der Waals surface area contributed by atoms with E-state index in [1.54, 1.807) is 12.1 Å². The van der Waals surface area contributed by atoms with Crippen molar-refractivity contribution in [3.8, 4) is 5.75 Å². The summed E-state index contributed by atoms with van der Waals surface area (Å²) in [6, 6.07) is 5.38. The number of methoxy groups -OCH3 is 1. The molecule has 0 fully saturated rings. The van der Waals surface area contributed by atoms with Gasteiger partial charge in [0.15, 0.2) is 0 Å². The third-order valence-corrected chi connectivity index (χ3v) is 3.61. The van der Waals surface area contributed by atoms with E-state index in [0.29, 0.717) is 11.7 Å². The van der Waals surface area contributed by atoms with Gasteiger partial charge in [-0.2, -0.15) is 0 Å². The minimum Gasteiger partial charge on any atom is -0.496 e. The van der Waals surface area contributed by atoms with E-state index in [2.05, 4.69) is 25.7 Å². The van der Waals surface area contributed by atoms with Crippen LogP contribution in [-0.4, -0.2) is 36.2 Å². The first-order valence-corrected chi connectivity index (χ1v) is 7.14. The highest BCUT2D eigenvalue weighted by Gasteiger charge is 2.13. The lowest BCUT2D eigenvalue weighted by atomic mass is 10.1. The highest BCUT2D eigenvalue weighted by Crippen LogP contribution is 2.21. The molecule has 0 radical (unpaired) electrons. The molecule has 1 atom stereocenters. The summed E-state index contributed by atoms with van der Waals surface area (Å²) >= 11 is 0. The van der Waals surface area contributed by atoms with Crippen molar-refractivity contribution in [3.63, 3.8) is 0 Å². The maximum atomic E-state index is 11.2. The van der Waals surface area contributed by atoms with Crippen molar-refractivity contribution in [2.75, 3.05) is 20.2 Å². The van der Waals surface area contributed by atoms with Crippen LogP contribution < -0.4 is 4.74 Å². The maximum absolute atomic E-state index is 11.2. The molecule has 20 heavy (non-hydrogen) atoms. The molecule has 1 rings (SSSR count). The molecule has 0 spiro atoms. The summed E-state index contributed by atoms with van der Waals surface area (Å²) in [4.78, 5) is 13.6. The first-order chi connectivity index (χ1) is 9.51. The lowest BCUT2D eigenvalue weighted by Crippen LogP contribution is -2.28. The number of carboxylic acid groups (broad SMARTS) is 1. The van der Waals surface area contributed by atoms with E-state index in [4.69, 9.17) is 4.74 Å². The van der Waals surface area contributed by atoms with Crippen molar-refractivity contribution >= 4 is 5.97 Å². The van der Waals surface area contributed by atoms with E-state index in [0.717, 1.165) is 31.6 Å². The van der Waals surface area contributed by atoms with Crippen molar-refractivity contribution in [2.24, 2.45) is 5.92 Å². The molecule has 0 saturated carbocycles. The van der Waals surface area contributed by atoms with E-state index in [9.17, 15) is 9.90 Å². The van der Waals surface area contributed by atoms with Crippen LogP contribution in [0.3, 0.4) is 0 Å². The molecule has 0 aliphatic heterocycles. The SMILES string of the molecule is CCC(C)CN(CC)Cc1ccc(OC)c(C(=O)O)c1. The Balaban J connectivity index is 2.85. The van der Waals surface area contributed by atoms with Crippen molar-refractivity contribution in [3.05, 3.63) is 29.3 Å². The molecule has 4 nitrogen and oxygen atoms in total. The van der Waals surface area contributed by atoms with E-state index >= 15 is 0 Å². The van der Waals surface area contributed by atoms with E-state index < -0.39 is 5.97 Å². The third-order valence-electron chi connectivity index (χ3n) is 3.61. The zero-order chi connectivity index (χ0) is 15.1. The molecule has 112 valence electrons. The van der Waals surface area contributed by atoms with Gasteiger partial charge in [0.1, 0.15) is 11.3 Å². The monoisotopic (exact) mass is 279 g/mol. The van der Waals surface area contributed by atoms with Crippen LogP contribution in [0.4, 0.5) is 0 Å². The number of aromatic carboxylic acids is 1. The second-order valence-corrected chi connectivity index (χ2v) is 5.18. The number of carboxylic acids is 1. The molecule has 1 aromatic carbocycles. The van der Waals surface area contributed by atoms with Gasteiger partial charge < -0.3 is 9.84 Å². The van der Waals surface area contributed by atoms with Gasteiger partial charge in [-0.3, -0.25) is 4.90 Å².